The summed E-state index contributed by atoms with van der Waals surface area (Å²) in [6.07, 6.45) is 0. The van der Waals surface area contributed by atoms with Gasteiger partial charge in [0.2, 0.25) is 10.0 Å². The monoisotopic (exact) mass is 489 g/mol. The van der Waals surface area contributed by atoms with Crippen molar-refractivity contribution in [2.24, 2.45) is 0 Å². The number of fused-ring (bicyclic) bond motifs is 1. The Morgan fingerprint density at radius 1 is 0.943 bits per heavy atom. The van der Waals surface area contributed by atoms with E-state index in [4.69, 9.17) is 0 Å². The average molecular weight is 490 g/mol. The van der Waals surface area contributed by atoms with Gasteiger partial charge in [0, 0.05) is 22.0 Å². The maximum absolute atomic E-state index is 13.5. The molecule has 1 aliphatic rings. The van der Waals surface area contributed by atoms with Gasteiger partial charge in [-0.3, -0.25) is 0 Å². The number of rotatable bonds is 5. The summed E-state index contributed by atoms with van der Waals surface area (Å²) in [6, 6.07) is 19.6. The number of anilines is 2. The van der Waals surface area contributed by atoms with Gasteiger partial charge in [-0.15, -0.1) is 15.9 Å². The molecule has 180 valence electrons. The normalized spacial score (nSPS) is 15.4. The molecule has 8 nitrogen and oxygen atoms in total. The standard InChI is InChI=1S/C26H27N5O3S/c1-18-10-11-19(16-24(18)35(33,34)31-14-12-30(2)13-15-31)25-22-8-3-4-9-23(22)26(29-28-25)27-20-6-5-7-21(32)17-20/h3-11,16-17,32H,12-15H2,1-2H3,(H,27,29). The van der Waals surface area contributed by atoms with Crippen LogP contribution in [0.25, 0.3) is 22.0 Å². The Morgan fingerprint density at radius 3 is 2.43 bits per heavy atom. The summed E-state index contributed by atoms with van der Waals surface area (Å²) in [5, 5.41) is 25.4. The number of quaternary nitrogens is 1. The number of aromatic nitrogens is 2. The molecule has 0 spiro atoms. The molecule has 0 atom stereocenters. The molecule has 0 amide bonds. The van der Waals surface area contributed by atoms with Crippen LogP contribution >= 0.6 is 0 Å². The molecule has 0 unspecified atom stereocenters. The number of aryl methyl sites for hydroxylation is 1. The van der Waals surface area contributed by atoms with Crippen molar-refractivity contribution < 1.29 is 18.4 Å². The highest BCUT2D eigenvalue weighted by Crippen LogP contribution is 2.33. The second kappa shape index (κ2) is 9.26. The lowest BCUT2D eigenvalue weighted by molar-refractivity contribution is -0.883. The van der Waals surface area contributed by atoms with Gasteiger partial charge in [-0.2, -0.15) is 4.31 Å². The van der Waals surface area contributed by atoms with E-state index in [0.717, 1.165) is 23.9 Å². The van der Waals surface area contributed by atoms with Crippen LogP contribution in [-0.4, -0.2) is 56.1 Å². The van der Waals surface area contributed by atoms with Crippen LogP contribution in [0, 0.1) is 6.92 Å². The van der Waals surface area contributed by atoms with Gasteiger partial charge in [0.05, 0.1) is 38.1 Å². The molecule has 0 aliphatic carbocycles. The number of piperazine rings is 1. The zero-order chi connectivity index (χ0) is 24.6. The molecular weight excluding hydrogens is 462 g/mol. The Labute approximate surface area is 204 Å². The smallest absolute Gasteiger partial charge is 0.243 e. The molecule has 3 aromatic carbocycles. The van der Waals surface area contributed by atoms with Crippen LogP contribution in [-0.2, 0) is 10.0 Å². The number of benzene rings is 3. The highest BCUT2D eigenvalue weighted by atomic mass is 32.2. The summed E-state index contributed by atoms with van der Waals surface area (Å²) >= 11 is 0. The van der Waals surface area contributed by atoms with Crippen molar-refractivity contribution in [1.82, 2.24) is 14.5 Å². The Balaban J connectivity index is 1.56. The van der Waals surface area contributed by atoms with Crippen LogP contribution < -0.4 is 15.3 Å². The van der Waals surface area contributed by atoms with Crippen LogP contribution in [0.15, 0.2) is 71.6 Å². The lowest BCUT2D eigenvalue weighted by Crippen LogP contribution is -3.12. The van der Waals surface area contributed by atoms with Crippen molar-refractivity contribution in [3.05, 3.63) is 72.3 Å². The topological polar surface area (TPSA) is 103 Å². The van der Waals surface area contributed by atoms with E-state index in [2.05, 4.69) is 22.6 Å². The second-order valence-corrected chi connectivity index (χ2v) is 10.8. The summed E-state index contributed by atoms with van der Waals surface area (Å²) in [4.78, 5) is 1.63. The number of hydrogen-bond donors (Lipinski definition) is 2. The van der Waals surface area contributed by atoms with Crippen molar-refractivity contribution >= 4 is 32.3 Å². The van der Waals surface area contributed by atoms with Gasteiger partial charge in [0.1, 0.15) is 5.69 Å². The maximum atomic E-state index is 13.5. The minimum Gasteiger partial charge on any atom is -0.872 e. The number of hydrogen-bond acceptors (Lipinski definition) is 6. The number of nitrogens with one attached hydrogen (secondary N) is 2. The van der Waals surface area contributed by atoms with Crippen molar-refractivity contribution in [1.29, 1.82) is 0 Å². The summed E-state index contributed by atoms with van der Waals surface area (Å²) in [5.41, 5.74) is 2.62. The van der Waals surface area contributed by atoms with Crippen LogP contribution in [0.4, 0.5) is 11.5 Å². The minimum atomic E-state index is -3.62. The Hall–Kier alpha value is -3.53. The molecule has 0 bridgehead atoms. The van der Waals surface area contributed by atoms with Crippen LogP contribution in [0.3, 0.4) is 0 Å². The van der Waals surface area contributed by atoms with E-state index in [0.29, 0.717) is 46.3 Å². The molecule has 4 aromatic rings. The van der Waals surface area contributed by atoms with Crippen LogP contribution in [0.5, 0.6) is 5.75 Å². The first-order chi connectivity index (χ1) is 16.8. The predicted molar refractivity (Wildman–Crippen MR) is 134 cm³/mol. The minimum absolute atomic E-state index is 0.0981. The molecule has 0 radical (unpaired) electrons. The quantitative estimate of drug-likeness (QED) is 0.444. The van der Waals surface area contributed by atoms with E-state index < -0.39 is 10.0 Å². The molecule has 1 aliphatic heterocycles. The summed E-state index contributed by atoms with van der Waals surface area (Å²) in [6.45, 7) is 4.41. The van der Waals surface area contributed by atoms with Gasteiger partial charge < -0.3 is 15.3 Å². The zero-order valence-electron chi connectivity index (χ0n) is 19.7. The average Bonchev–Trinajstić information content (AvgIpc) is 2.85. The molecule has 9 heteroatoms. The van der Waals surface area contributed by atoms with Crippen LogP contribution in [0.1, 0.15) is 5.56 Å². The SMILES string of the molecule is Cc1ccc(-c2nnc(Nc3cccc([O-])c3)c3ccccc23)cc1S(=O)(=O)N1CC[NH+](C)CC1. The molecule has 1 fully saturated rings. The molecule has 0 saturated carbocycles. The third-order valence-corrected chi connectivity index (χ3v) is 8.48. The third-order valence-electron chi connectivity index (χ3n) is 6.44. The molecular formula is C26H27N5O3S. The summed E-state index contributed by atoms with van der Waals surface area (Å²) in [5.74, 6) is 0.425. The Kier molecular flexibility index (Phi) is 6.14. The first kappa shape index (κ1) is 23.2. The third kappa shape index (κ3) is 4.58. The highest BCUT2D eigenvalue weighted by Gasteiger charge is 2.30. The predicted octanol–water partition coefficient (Wildman–Crippen LogP) is 1.94. The number of nitrogens with zero attached hydrogens (tertiary/aromatic N) is 3. The molecule has 2 N–H and O–H groups in total. The Morgan fingerprint density at radius 2 is 1.69 bits per heavy atom. The lowest BCUT2D eigenvalue weighted by Gasteiger charge is -2.29. The Bertz CT molecular complexity index is 1500. The molecule has 5 rings (SSSR count). The first-order valence-electron chi connectivity index (χ1n) is 11.5. The molecule has 1 saturated heterocycles. The van der Waals surface area contributed by atoms with Gasteiger partial charge in [-0.1, -0.05) is 48.5 Å². The van der Waals surface area contributed by atoms with Crippen molar-refractivity contribution in [3.63, 3.8) is 0 Å². The first-order valence-corrected chi connectivity index (χ1v) is 13.0. The van der Waals surface area contributed by atoms with Crippen molar-refractivity contribution in [2.45, 2.75) is 11.8 Å². The number of sulfonamides is 1. The van der Waals surface area contributed by atoms with E-state index in [1.165, 1.54) is 17.0 Å². The van der Waals surface area contributed by atoms with E-state index in [1.807, 2.05) is 43.3 Å². The van der Waals surface area contributed by atoms with E-state index >= 15 is 0 Å². The van der Waals surface area contributed by atoms with Gasteiger partial charge in [-0.25, -0.2) is 8.42 Å². The van der Waals surface area contributed by atoms with Crippen molar-refractivity contribution in [3.8, 4) is 17.0 Å². The van der Waals surface area contributed by atoms with Gasteiger partial charge in [0.15, 0.2) is 5.82 Å². The van der Waals surface area contributed by atoms with Gasteiger partial charge in [-0.05, 0) is 30.7 Å². The lowest BCUT2D eigenvalue weighted by atomic mass is 10.0. The van der Waals surface area contributed by atoms with Crippen LogP contribution in [0.2, 0.25) is 0 Å². The molecule has 1 aromatic heterocycles. The second-order valence-electron chi connectivity index (χ2n) is 8.94. The van der Waals surface area contributed by atoms with Gasteiger partial charge >= 0.3 is 0 Å². The van der Waals surface area contributed by atoms with E-state index in [1.54, 1.807) is 22.5 Å². The van der Waals surface area contributed by atoms with E-state index in [-0.39, 0.29) is 5.75 Å². The molecule has 35 heavy (non-hydrogen) atoms. The largest absolute Gasteiger partial charge is 0.872 e. The number of likely N-dealkylation sites (N-methyl/N-ethyl adjacent to an activating group) is 1. The highest BCUT2D eigenvalue weighted by molar-refractivity contribution is 7.89. The fourth-order valence-corrected chi connectivity index (χ4v) is 6.08. The molecule has 2 heterocycles. The zero-order valence-corrected chi connectivity index (χ0v) is 20.5. The van der Waals surface area contributed by atoms with Gasteiger partial charge in [0.25, 0.3) is 0 Å². The summed E-state index contributed by atoms with van der Waals surface area (Å²) < 4.78 is 28.6. The van der Waals surface area contributed by atoms with E-state index in [9.17, 15) is 13.5 Å². The maximum Gasteiger partial charge on any atom is 0.243 e. The van der Waals surface area contributed by atoms with Crippen molar-refractivity contribution in [2.75, 3.05) is 38.5 Å². The fraction of sp³-hybridized carbons (Fsp3) is 0.231. The summed E-state index contributed by atoms with van der Waals surface area (Å²) in [7, 11) is -1.54. The fourth-order valence-electron chi connectivity index (χ4n) is 4.39.